The van der Waals surface area contributed by atoms with Gasteiger partial charge in [0.2, 0.25) is 0 Å². The van der Waals surface area contributed by atoms with Gasteiger partial charge in [-0.3, -0.25) is 9.88 Å². The van der Waals surface area contributed by atoms with Gasteiger partial charge in [-0.15, -0.1) is 0 Å². The summed E-state index contributed by atoms with van der Waals surface area (Å²) in [6.45, 7) is 3.68. The van der Waals surface area contributed by atoms with Crippen molar-refractivity contribution >= 4 is 0 Å². The van der Waals surface area contributed by atoms with Crippen molar-refractivity contribution in [1.29, 1.82) is 0 Å². The second kappa shape index (κ2) is 6.16. The molecule has 2 aromatic rings. The van der Waals surface area contributed by atoms with Gasteiger partial charge in [0.05, 0.1) is 5.69 Å². The Kier molecular flexibility index (Phi) is 4.09. The number of nitrogens with zero attached hydrogens (tertiary/aromatic N) is 2. The van der Waals surface area contributed by atoms with E-state index in [1.807, 2.05) is 12.3 Å². The largest absolute Gasteiger partial charge is 0.325 e. The summed E-state index contributed by atoms with van der Waals surface area (Å²) in [5.41, 5.74) is 11.1. The second-order valence-corrected chi connectivity index (χ2v) is 5.36. The van der Waals surface area contributed by atoms with Gasteiger partial charge in [-0.1, -0.05) is 30.3 Å². The van der Waals surface area contributed by atoms with Gasteiger partial charge in [0.1, 0.15) is 0 Å². The molecule has 0 unspecified atom stereocenters. The van der Waals surface area contributed by atoms with Crippen molar-refractivity contribution < 1.29 is 0 Å². The van der Waals surface area contributed by atoms with Gasteiger partial charge in [0.15, 0.2) is 0 Å². The maximum atomic E-state index is 5.77. The van der Waals surface area contributed by atoms with Crippen LogP contribution in [0.15, 0.2) is 42.6 Å². The molecule has 0 fully saturated rings. The quantitative estimate of drug-likeness (QED) is 0.926. The SMILES string of the molecule is NCc1ncccc1CN1CCc2ccccc2CC1. The number of hydrogen-bond acceptors (Lipinski definition) is 3. The van der Waals surface area contributed by atoms with Gasteiger partial charge >= 0.3 is 0 Å². The van der Waals surface area contributed by atoms with E-state index < -0.39 is 0 Å². The molecule has 0 saturated carbocycles. The highest BCUT2D eigenvalue weighted by molar-refractivity contribution is 5.29. The molecular weight excluding hydrogens is 246 g/mol. The predicted octanol–water partition coefficient (Wildman–Crippen LogP) is 2.14. The fraction of sp³-hybridized carbons (Fsp3) is 0.353. The summed E-state index contributed by atoms with van der Waals surface area (Å²) in [4.78, 5) is 6.88. The normalized spacial score (nSPS) is 15.7. The first-order valence-electron chi connectivity index (χ1n) is 7.29. The lowest BCUT2D eigenvalue weighted by Crippen LogP contribution is -2.26. The number of fused-ring (bicyclic) bond motifs is 1. The van der Waals surface area contributed by atoms with Crippen LogP contribution in [0.4, 0.5) is 0 Å². The van der Waals surface area contributed by atoms with Gasteiger partial charge in [-0.05, 0) is 35.6 Å². The summed E-state index contributed by atoms with van der Waals surface area (Å²) in [5, 5.41) is 0. The molecule has 0 bridgehead atoms. The molecule has 2 N–H and O–H groups in total. The third-order valence-electron chi connectivity index (χ3n) is 4.08. The Balaban J connectivity index is 1.71. The van der Waals surface area contributed by atoms with Crippen molar-refractivity contribution in [2.24, 2.45) is 5.73 Å². The van der Waals surface area contributed by atoms with E-state index in [9.17, 15) is 0 Å². The number of rotatable bonds is 3. The zero-order chi connectivity index (χ0) is 13.8. The summed E-state index contributed by atoms with van der Waals surface area (Å²) in [6, 6.07) is 12.9. The average Bonchev–Trinajstić information content (AvgIpc) is 2.71. The summed E-state index contributed by atoms with van der Waals surface area (Å²) in [7, 11) is 0. The smallest absolute Gasteiger partial charge is 0.0584 e. The van der Waals surface area contributed by atoms with Crippen molar-refractivity contribution in [3.05, 3.63) is 65.0 Å². The molecule has 0 spiro atoms. The highest BCUT2D eigenvalue weighted by Gasteiger charge is 2.14. The van der Waals surface area contributed by atoms with E-state index in [1.165, 1.54) is 16.7 Å². The second-order valence-electron chi connectivity index (χ2n) is 5.36. The molecule has 1 aromatic carbocycles. The van der Waals surface area contributed by atoms with E-state index in [2.05, 4.69) is 40.2 Å². The molecule has 3 rings (SSSR count). The Morgan fingerprint density at radius 1 is 1.00 bits per heavy atom. The van der Waals surface area contributed by atoms with Crippen molar-refractivity contribution in [2.45, 2.75) is 25.9 Å². The van der Waals surface area contributed by atoms with Crippen LogP contribution < -0.4 is 5.73 Å². The van der Waals surface area contributed by atoms with Gasteiger partial charge < -0.3 is 5.73 Å². The lowest BCUT2D eigenvalue weighted by atomic mass is 10.0. The van der Waals surface area contributed by atoms with Crippen LogP contribution in [0.25, 0.3) is 0 Å². The number of aromatic nitrogens is 1. The van der Waals surface area contributed by atoms with Crippen LogP contribution in [-0.4, -0.2) is 23.0 Å². The van der Waals surface area contributed by atoms with E-state index in [0.29, 0.717) is 6.54 Å². The fourth-order valence-electron chi connectivity index (χ4n) is 2.91. The van der Waals surface area contributed by atoms with Crippen LogP contribution in [0, 0.1) is 0 Å². The van der Waals surface area contributed by atoms with E-state index >= 15 is 0 Å². The number of nitrogens with two attached hydrogens (primary N) is 1. The molecule has 2 heterocycles. The summed E-state index contributed by atoms with van der Waals surface area (Å²) < 4.78 is 0. The summed E-state index contributed by atoms with van der Waals surface area (Å²) in [6.07, 6.45) is 4.09. The molecule has 0 saturated heterocycles. The maximum Gasteiger partial charge on any atom is 0.0584 e. The molecule has 1 aliphatic rings. The molecule has 1 aromatic heterocycles. The van der Waals surface area contributed by atoms with E-state index in [1.54, 1.807) is 0 Å². The van der Waals surface area contributed by atoms with E-state index in [0.717, 1.165) is 38.2 Å². The molecule has 1 aliphatic heterocycles. The molecular formula is C17H21N3. The minimum absolute atomic E-state index is 0.518. The van der Waals surface area contributed by atoms with Crippen LogP contribution in [0.2, 0.25) is 0 Å². The minimum atomic E-state index is 0.518. The highest BCUT2D eigenvalue weighted by Crippen LogP contribution is 2.17. The molecule has 104 valence electrons. The lowest BCUT2D eigenvalue weighted by Gasteiger charge is -2.20. The Morgan fingerprint density at radius 3 is 2.35 bits per heavy atom. The minimum Gasteiger partial charge on any atom is -0.325 e. The molecule has 0 aliphatic carbocycles. The summed E-state index contributed by atoms with van der Waals surface area (Å²) >= 11 is 0. The molecule has 3 heteroatoms. The highest BCUT2D eigenvalue weighted by atomic mass is 15.1. The Bertz CT molecular complexity index is 553. The third kappa shape index (κ3) is 2.89. The van der Waals surface area contributed by atoms with Gasteiger partial charge in [-0.25, -0.2) is 0 Å². The first-order valence-corrected chi connectivity index (χ1v) is 7.29. The topological polar surface area (TPSA) is 42.1 Å². The third-order valence-corrected chi connectivity index (χ3v) is 4.08. The molecule has 0 amide bonds. The van der Waals surface area contributed by atoms with Crippen LogP contribution in [0.1, 0.15) is 22.4 Å². The van der Waals surface area contributed by atoms with Gasteiger partial charge in [0, 0.05) is 32.4 Å². The van der Waals surface area contributed by atoms with E-state index in [4.69, 9.17) is 5.73 Å². The van der Waals surface area contributed by atoms with Gasteiger partial charge in [0.25, 0.3) is 0 Å². The summed E-state index contributed by atoms with van der Waals surface area (Å²) in [5.74, 6) is 0. The number of hydrogen-bond donors (Lipinski definition) is 1. The monoisotopic (exact) mass is 267 g/mol. The first-order chi connectivity index (χ1) is 9.86. The van der Waals surface area contributed by atoms with Crippen LogP contribution >= 0.6 is 0 Å². The van der Waals surface area contributed by atoms with Crippen LogP contribution in [0.5, 0.6) is 0 Å². The molecule has 0 radical (unpaired) electrons. The molecule has 20 heavy (non-hydrogen) atoms. The molecule has 3 nitrogen and oxygen atoms in total. The van der Waals surface area contributed by atoms with Crippen LogP contribution in [0.3, 0.4) is 0 Å². The zero-order valence-electron chi connectivity index (χ0n) is 11.8. The standard InChI is InChI=1S/C17H21N3/c18-12-17-16(6-3-9-19-17)13-20-10-7-14-4-1-2-5-15(14)8-11-20/h1-6,9H,7-8,10-13,18H2. The Hall–Kier alpha value is -1.71. The van der Waals surface area contributed by atoms with Crippen molar-refractivity contribution in [3.63, 3.8) is 0 Å². The van der Waals surface area contributed by atoms with E-state index in [-0.39, 0.29) is 0 Å². The number of pyridine rings is 1. The molecule has 0 atom stereocenters. The number of benzene rings is 1. The van der Waals surface area contributed by atoms with Gasteiger partial charge in [-0.2, -0.15) is 0 Å². The zero-order valence-corrected chi connectivity index (χ0v) is 11.8. The fourth-order valence-corrected chi connectivity index (χ4v) is 2.91. The lowest BCUT2D eigenvalue weighted by molar-refractivity contribution is 0.278. The first kappa shape index (κ1) is 13.3. The van der Waals surface area contributed by atoms with Crippen LogP contribution in [-0.2, 0) is 25.9 Å². The Morgan fingerprint density at radius 2 is 1.70 bits per heavy atom. The van der Waals surface area contributed by atoms with Crippen molar-refractivity contribution in [2.75, 3.05) is 13.1 Å². The average molecular weight is 267 g/mol. The van der Waals surface area contributed by atoms with Crippen molar-refractivity contribution in [3.8, 4) is 0 Å². The Labute approximate surface area is 120 Å². The van der Waals surface area contributed by atoms with Crippen molar-refractivity contribution in [1.82, 2.24) is 9.88 Å². The predicted molar refractivity (Wildman–Crippen MR) is 81.3 cm³/mol. The maximum absolute atomic E-state index is 5.77.